The predicted molar refractivity (Wildman–Crippen MR) is 62.9 cm³/mol. The van der Waals surface area contributed by atoms with E-state index in [4.69, 9.17) is 0 Å². The number of carbonyl (C=O) groups is 1. The summed E-state index contributed by atoms with van der Waals surface area (Å²) in [6.07, 6.45) is 5.59. The summed E-state index contributed by atoms with van der Waals surface area (Å²) in [5.41, 5.74) is 0.409. The lowest BCUT2D eigenvalue weighted by molar-refractivity contribution is -0.119. The van der Waals surface area contributed by atoms with Crippen molar-refractivity contribution in [2.45, 2.75) is 25.7 Å². The molecule has 0 aliphatic carbocycles. The minimum absolute atomic E-state index is 0.296. The Kier molecular flexibility index (Phi) is 4.31. The molecule has 5 heteroatoms. The molecule has 1 amide bonds. The summed E-state index contributed by atoms with van der Waals surface area (Å²) in [6.45, 7) is 7.16. The molecule has 0 aliphatic heterocycles. The Balaban J connectivity index is 2.77. The average Bonchev–Trinajstić information content (AvgIpc) is 2.36. The predicted octanol–water partition coefficient (Wildman–Crippen LogP) is 1.74. The quantitative estimate of drug-likeness (QED) is 0.794. The third-order valence-corrected chi connectivity index (χ3v) is 2.85. The van der Waals surface area contributed by atoms with Gasteiger partial charge in [0.1, 0.15) is 0 Å². The zero-order valence-corrected chi connectivity index (χ0v) is 10.0. The van der Waals surface area contributed by atoms with Crippen molar-refractivity contribution in [3.05, 3.63) is 36.7 Å². The van der Waals surface area contributed by atoms with E-state index in [-0.39, 0.29) is 5.41 Å². The molecule has 0 saturated carbocycles. The van der Waals surface area contributed by atoms with E-state index in [2.05, 4.69) is 21.9 Å². The van der Waals surface area contributed by atoms with Gasteiger partial charge in [0.15, 0.2) is 5.83 Å². The monoisotopic (exact) mass is 237 g/mol. The Morgan fingerprint density at radius 3 is 2.76 bits per heavy atom. The molecule has 1 N–H and O–H groups in total. The number of halogens is 1. The summed E-state index contributed by atoms with van der Waals surface area (Å²) in [4.78, 5) is 19.3. The van der Waals surface area contributed by atoms with E-state index < -0.39 is 11.7 Å². The zero-order chi connectivity index (χ0) is 12.9. The van der Waals surface area contributed by atoms with Crippen LogP contribution in [0.15, 0.2) is 31.0 Å². The summed E-state index contributed by atoms with van der Waals surface area (Å²) in [5.74, 6) is -1.77. The highest BCUT2D eigenvalue weighted by Crippen LogP contribution is 2.24. The maximum atomic E-state index is 12.5. The van der Waals surface area contributed by atoms with Gasteiger partial charge in [-0.2, -0.15) is 0 Å². The topological polar surface area (TPSA) is 54.9 Å². The van der Waals surface area contributed by atoms with Crippen molar-refractivity contribution in [1.29, 1.82) is 0 Å². The van der Waals surface area contributed by atoms with Gasteiger partial charge in [0.2, 0.25) is 0 Å². The maximum absolute atomic E-state index is 12.5. The van der Waals surface area contributed by atoms with Gasteiger partial charge < -0.3 is 5.32 Å². The van der Waals surface area contributed by atoms with Crippen molar-refractivity contribution in [2.75, 3.05) is 6.54 Å². The lowest BCUT2D eigenvalue weighted by Gasteiger charge is -2.27. The van der Waals surface area contributed by atoms with Crippen molar-refractivity contribution in [2.24, 2.45) is 0 Å². The van der Waals surface area contributed by atoms with Crippen molar-refractivity contribution >= 4 is 5.91 Å². The lowest BCUT2D eigenvalue weighted by Crippen LogP contribution is -2.39. The van der Waals surface area contributed by atoms with E-state index in [1.807, 2.05) is 13.8 Å². The minimum atomic E-state index is -0.984. The molecule has 0 radical (unpaired) electrons. The van der Waals surface area contributed by atoms with Crippen LogP contribution in [-0.4, -0.2) is 22.4 Å². The fraction of sp³-hybridized carbons (Fsp3) is 0.417. The van der Waals surface area contributed by atoms with Crippen LogP contribution >= 0.6 is 0 Å². The first-order valence-electron chi connectivity index (χ1n) is 5.38. The van der Waals surface area contributed by atoms with Crippen molar-refractivity contribution in [3.8, 4) is 0 Å². The molecule has 0 bridgehead atoms. The first-order chi connectivity index (χ1) is 7.99. The second-order valence-corrected chi connectivity index (χ2v) is 4.09. The molecule has 0 spiro atoms. The average molecular weight is 237 g/mol. The van der Waals surface area contributed by atoms with Crippen LogP contribution in [0.3, 0.4) is 0 Å². The number of amides is 1. The third kappa shape index (κ3) is 3.34. The highest BCUT2D eigenvalue weighted by Gasteiger charge is 2.27. The van der Waals surface area contributed by atoms with E-state index in [0.717, 1.165) is 12.1 Å². The first kappa shape index (κ1) is 13.3. The molecule has 0 aliphatic rings. The third-order valence-electron chi connectivity index (χ3n) is 2.85. The molecule has 92 valence electrons. The molecule has 1 atom stereocenters. The van der Waals surface area contributed by atoms with Gasteiger partial charge in [0, 0.05) is 30.6 Å². The fourth-order valence-corrected chi connectivity index (χ4v) is 1.38. The Morgan fingerprint density at radius 1 is 1.59 bits per heavy atom. The molecule has 0 saturated heterocycles. The van der Waals surface area contributed by atoms with Crippen LogP contribution in [0.5, 0.6) is 0 Å². The van der Waals surface area contributed by atoms with Crippen LogP contribution in [-0.2, 0) is 10.2 Å². The number of aromatic nitrogens is 2. The smallest absolute Gasteiger partial charge is 0.279 e. The minimum Gasteiger partial charge on any atom is -0.349 e. The maximum Gasteiger partial charge on any atom is 0.279 e. The molecular weight excluding hydrogens is 221 g/mol. The van der Waals surface area contributed by atoms with Crippen molar-refractivity contribution in [1.82, 2.24) is 15.3 Å². The van der Waals surface area contributed by atoms with Crippen LogP contribution in [0.4, 0.5) is 4.39 Å². The fourth-order valence-electron chi connectivity index (χ4n) is 1.38. The van der Waals surface area contributed by atoms with Gasteiger partial charge in [-0.05, 0) is 6.42 Å². The second kappa shape index (κ2) is 5.52. The van der Waals surface area contributed by atoms with Crippen LogP contribution in [0.1, 0.15) is 26.0 Å². The van der Waals surface area contributed by atoms with Crippen LogP contribution in [0.2, 0.25) is 0 Å². The standard InChI is InChI=1S/C12H16FN3O/c1-4-12(3,8-16-11(17)9(2)13)10-7-14-5-6-15-10/h5-7H,2,4,8H2,1,3H3,(H,16,17). The summed E-state index contributed by atoms with van der Waals surface area (Å²) >= 11 is 0. The van der Waals surface area contributed by atoms with Gasteiger partial charge in [-0.3, -0.25) is 14.8 Å². The van der Waals surface area contributed by atoms with Crippen LogP contribution in [0.25, 0.3) is 0 Å². The van der Waals surface area contributed by atoms with Crippen LogP contribution < -0.4 is 5.32 Å². The molecule has 1 rings (SSSR count). The van der Waals surface area contributed by atoms with Gasteiger partial charge in [-0.25, -0.2) is 4.39 Å². The van der Waals surface area contributed by atoms with Gasteiger partial charge in [0.25, 0.3) is 5.91 Å². The molecule has 17 heavy (non-hydrogen) atoms. The van der Waals surface area contributed by atoms with E-state index in [9.17, 15) is 9.18 Å². The van der Waals surface area contributed by atoms with E-state index >= 15 is 0 Å². The second-order valence-electron chi connectivity index (χ2n) is 4.09. The molecule has 4 nitrogen and oxygen atoms in total. The molecule has 0 fully saturated rings. The highest BCUT2D eigenvalue weighted by atomic mass is 19.1. The Morgan fingerprint density at radius 2 is 2.29 bits per heavy atom. The molecule has 1 unspecified atom stereocenters. The van der Waals surface area contributed by atoms with E-state index in [0.29, 0.717) is 6.54 Å². The number of carbonyl (C=O) groups excluding carboxylic acids is 1. The molecular formula is C12H16FN3O. The summed E-state index contributed by atoms with van der Waals surface area (Å²) in [5, 5.41) is 2.49. The van der Waals surface area contributed by atoms with E-state index in [1.54, 1.807) is 18.6 Å². The SMILES string of the molecule is C=C(F)C(=O)NCC(C)(CC)c1cnccn1. The number of nitrogens with zero attached hydrogens (tertiary/aromatic N) is 2. The highest BCUT2D eigenvalue weighted by molar-refractivity contribution is 5.90. The lowest BCUT2D eigenvalue weighted by atomic mass is 9.84. The number of hydrogen-bond acceptors (Lipinski definition) is 3. The molecule has 1 heterocycles. The molecule has 0 aromatic carbocycles. The Bertz CT molecular complexity index is 407. The number of hydrogen-bond donors (Lipinski definition) is 1. The number of nitrogens with one attached hydrogen (secondary N) is 1. The Labute approximate surface area is 100.0 Å². The summed E-state index contributed by atoms with van der Waals surface area (Å²) in [6, 6.07) is 0. The van der Waals surface area contributed by atoms with Gasteiger partial charge in [0.05, 0.1) is 5.69 Å². The normalized spacial score (nSPS) is 13.8. The Hall–Kier alpha value is -1.78. The van der Waals surface area contributed by atoms with Crippen molar-refractivity contribution < 1.29 is 9.18 Å². The van der Waals surface area contributed by atoms with Crippen LogP contribution in [0, 0.1) is 0 Å². The molecule has 1 aromatic rings. The van der Waals surface area contributed by atoms with Gasteiger partial charge in [-0.15, -0.1) is 0 Å². The summed E-state index contributed by atoms with van der Waals surface area (Å²) < 4.78 is 12.5. The van der Waals surface area contributed by atoms with E-state index in [1.165, 1.54) is 0 Å². The van der Waals surface area contributed by atoms with Gasteiger partial charge in [-0.1, -0.05) is 20.4 Å². The summed E-state index contributed by atoms with van der Waals surface area (Å²) in [7, 11) is 0. The molecule has 1 aromatic heterocycles. The first-order valence-corrected chi connectivity index (χ1v) is 5.38. The largest absolute Gasteiger partial charge is 0.349 e. The zero-order valence-electron chi connectivity index (χ0n) is 10.0. The van der Waals surface area contributed by atoms with Gasteiger partial charge >= 0.3 is 0 Å². The van der Waals surface area contributed by atoms with Crippen molar-refractivity contribution in [3.63, 3.8) is 0 Å². The number of rotatable bonds is 5.